The van der Waals surface area contributed by atoms with E-state index in [1.54, 1.807) is 31.4 Å². The molecule has 1 fully saturated rings. The molecule has 3 aromatic carbocycles. The topological polar surface area (TPSA) is 112 Å². The normalized spacial score (nSPS) is 15.9. The molecule has 220 valence electrons. The van der Waals surface area contributed by atoms with Gasteiger partial charge in [0, 0.05) is 63.8 Å². The minimum Gasteiger partial charge on any atom is -0.457 e. The van der Waals surface area contributed by atoms with Crippen LogP contribution in [0.4, 0.5) is 0 Å². The van der Waals surface area contributed by atoms with Crippen LogP contribution in [-0.2, 0) is 16.1 Å². The predicted molar refractivity (Wildman–Crippen MR) is 163 cm³/mol. The van der Waals surface area contributed by atoms with E-state index in [0.29, 0.717) is 36.8 Å². The molecular formula is C33H39N5O4. The van der Waals surface area contributed by atoms with E-state index in [4.69, 9.17) is 20.2 Å². The van der Waals surface area contributed by atoms with Gasteiger partial charge in [-0.1, -0.05) is 36.4 Å². The number of imidazole rings is 1. The van der Waals surface area contributed by atoms with Crippen molar-refractivity contribution in [2.45, 2.75) is 44.2 Å². The van der Waals surface area contributed by atoms with Crippen LogP contribution in [0, 0.1) is 0 Å². The second-order valence-corrected chi connectivity index (χ2v) is 10.8. The van der Waals surface area contributed by atoms with Gasteiger partial charge in [-0.3, -0.25) is 9.59 Å². The molecule has 2 atom stereocenters. The van der Waals surface area contributed by atoms with Crippen LogP contribution in [0.15, 0.2) is 78.9 Å². The number of aryl methyl sites for hydroxylation is 1. The summed E-state index contributed by atoms with van der Waals surface area (Å²) in [7, 11) is 1.72. The number of hydrogen-bond donors (Lipinski definition) is 2. The number of aromatic nitrogens is 2. The van der Waals surface area contributed by atoms with Gasteiger partial charge in [-0.25, -0.2) is 4.98 Å². The molecule has 2 heterocycles. The summed E-state index contributed by atoms with van der Waals surface area (Å²) in [6.07, 6.45) is 2.94. The summed E-state index contributed by atoms with van der Waals surface area (Å²) >= 11 is 0. The number of piperidine rings is 1. The van der Waals surface area contributed by atoms with Gasteiger partial charge in [0.1, 0.15) is 17.3 Å². The highest BCUT2D eigenvalue weighted by molar-refractivity contribution is 5.94. The molecular weight excluding hydrogens is 530 g/mol. The number of carbonyl (C=O) groups excluding carboxylic acids is 2. The Morgan fingerprint density at radius 3 is 2.67 bits per heavy atom. The van der Waals surface area contributed by atoms with Gasteiger partial charge in [0.2, 0.25) is 5.91 Å². The zero-order valence-corrected chi connectivity index (χ0v) is 24.1. The quantitative estimate of drug-likeness (QED) is 0.239. The molecule has 1 aliphatic rings. The number of likely N-dealkylation sites (tertiary alicyclic amines) is 1. The molecule has 1 aromatic heterocycles. The fourth-order valence-corrected chi connectivity index (χ4v) is 5.50. The number of rotatable bonds is 12. The van der Waals surface area contributed by atoms with Gasteiger partial charge in [-0.15, -0.1) is 0 Å². The third-order valence-corrected chi connectivity index (χ3v) is 7.59. The molecule has 0 aliphatic carbocycles. The summed E-state index contributed by atoms with van der Waals surface area (Å²) in [5, 5.41) is 2.87. The second-order valence-electron chi connectivity index (χ2n) is 10.8. The van der Waals surface area contributed by atoms with Gasteiger partial charge in [0.15, 0.2) is 0 Å². The van der Waals surface area contributed by atoms with Crippen molar-refractivity contribution in [2.24, 2.45) is 5.73 Å². The number of nitrogens with one attached hydrogen (secondary N) is 1. The molecule has 9 nitrogen and oxygen atoms in total. The molecule has 0 spiro atoms. The first-order valence-electron chi connectivity index (χ1n) is 14.6. The van der Waals surface area contributed by atoms with Crippen LogP contribution >= 0.6 is 0 Å². The summed E-state index contributed by atoms with van der Waals surface area (Å²) in [5.41, 5.74) is 8.87. The maximum Gasteiger partial charge on any atom is 0.251 e. The van der Waals surface area contributed by atoms with Crippen molar-refractivity contribution in [3.63, 3.8) is 0 Å². The zero-order chi connectivity index (χ0) is 29.3. The number of methoxy groups -OCH3 is 1. The van der Waals surface area contributed by atoms with Crippen molar-refractivity contribution >= 4 is 22.8 Å². The SMILES string of the molecule is COCCCn1c([C@@H]2CCCN(C(=O)C[C@@H](N)CNC(=O)c3cccc(Oc4ccccc4)c3)C2)nc2ccccc21. The Bertz CT molecular complexity index is 1490. The second kappa shape index (κ2) is 14.1. The zero-order valence-electron chi connectivity index (χ0n) is 24.1. The Kier molecular flexibility index (Phi) is 9.84. The molecule has 3 N–H and O–H groups in total. The van der Waals surface area contributed by atoms with Crippen LogP contribution in [-0.4, -0.2) is 65.7 Å². The van der Waals surface area contributed by atoms with Crippen molar-refractivity contribution in [1.82, 2.24) is 19.8 Å². The summed E-state index contributed by atoms with van der Waals surface area (Å²) < 4.78 is 13.4. The number of fused-ring (bicyclic) bond motifs is 1. The number of benzene rings is 3. The van der Waals surface area contributed by atoms with Crippen LogP contribution in [0.5, 0.6) is 11.5 Å². The number of nitrogens with two attached hydrogens (primary N) is 1. The molecule has 1 saturated heterocycles. The molecule has 4 aromatic rings. The van der Waals surface area contributed by atoms with Gasteiger partial charge in [-0.2, -0.15) is 0 Å². The number of ether oxygens (including phenoxy) is 2. The molecule has 1 aliphatic heterocycles. The van der Waals surface area contributed by atoms with E-state index in [1.807, 2.05) is 53.4 Å². The monoisotopic (exact) mass is 569 g/mol. The summed E-state index contributed by atoms with van der Waals surface area (Å²) in [6.45, 7) is 3.01. The van der Waals surface area contributed by atoms with Crippen molar-refractivity contribution in [2.75, 3.05) is 33.4 Å². The lowest BCUT2D eigenvalue weighted by molar-refractivity contribution is -0.132. The van der Waals surface area contributed by atoms with Crippen LogP contribution in [0.25, 0.3) is 11.0 Å². The highest BCUT2D eigenvalue weighted by Crippen LogP contribution is 2.30. The van der Waals surface area contributed by atoms with E-state index >= 15 is 0 Å². The average molecular weight is 570 g/mol. The average Bonchev–Trinajstić information content (AvgIpc) is 3.39. The molecule has 9 heteroatoms. The number of para-hydroxylation sites is 3. The van der Waals surface area contributed by atoms with E-state index in [2.05, 4.69) is 16.0 Å². The first kappa shape index (κ1) is 29.3. The maximum atomic E-state index is 13.3. The Morgan fingerprint density at radius 1 is 1.05 bits per heavy atom. The third-order valence-electron chi connectivity index (χ3n) is 7.59. The number of nitrogens with zero attached hydrogens (tertiary/aromatic N) is 3. The summed E-state index contributed by atoms with van der Waals surface area (Å²) in [6, 6.07) is 24.1. The molecule has 0 unspecified atom stereocenters. The molecule has 0 radical (unpaired) electrons. The van der Waals surface area contributed by atoms with E-state index in [9.17, 15) is 9.59 Å². The molecule has 2 amide bonds. The van der Waals surface area contributed by atoms with E-state index < -0.39 is 6.04 Å². The Morgan fingerprint density at radius 2 is 1.83 bits per heavy atom. The van der Waals surface area contributed by atoms with Crippen LogP contribution in [0.2, 0.25) is 0 Å². The van der Waals surface area contributed by atoms with Crippen LogP contribution in [0.3, 0.4) is 0 Å². The summed E-state index contributed by atoms with van der Waals surface area (Å²) in [5.74, 6) is 2.18. The number of amides is 2. The van der Waals surface area contributed by atoms with E-state index in [-0.39, 0.29) is 30.7 Å². The van der Waals surface area contributed by atoms with Crippen molar-refractivity contribution in [3.8, 4) is 11.5 Å². The predicted octanol–water partition coefficient (Wildman–Crippen LogP) is 4.72. The minimum atomic E-state index is -0.496. The van der Waals surface area contributed by atoms with Crippen molar-refractivity contribution in [3.05, 3.63) is 90.3 Å². The molecule has 5 rings (SSSR count). The van der Waals surface area contributed by atoms with Gasteiger partial charge >= 0.3 is 0 Å². The van der Waals surface area contributed by atoms with E-state index in [0.717, 1.165) is 42.7 Å². The van der Waals surface area contributed by atoms with Gasteiger partial charge in [0.25, 0.3) is 5.91 Å². The number of carbonyl (C=O) groups is 2. The smallest absolute Gasteiger partial charge is 0.251 e. The highest BCUT2D eigenvalue weighted by atomic mass is 16.5. The summed E-state index contributed by atoms with van der Waals surface area (Å²) in [4.78, 5) is 32.9. The largest absolute Gasteiger partial charge is 0.457 e. The Hall–Kier alpha value is -4.21. The van der Waals surface area contributed by atoms with Crippen molar-refractivity contribution in [1.29, 1.82) is 0 Å². The number of hydrogen-bond acceptors (Lipinski definition) is 6. The lowest BCUT2D eigenvalue weighted by atomic mass is 9.96. The standard InChI is InChI=1S/C33H39N5O4/c1-41-19-9-18-38-30-16-6-5-15-29(30)36-32(38)25-11-8-17-37(23-25)31(39)21-26(34)22-35-33(40)24-10-7-14-28(20-24)42-27-12-3-2-4-13-27/h2-7,10,12-16,20,25-26H,8-9,11,17-19,21-23,34H2,1H3,(H,35,40)/t25-,26-/m1/s1. The van der Waals surface area contributed by atoms with Gasteiger partial charge in [-0.05, 0) is 61.7 Å². The first-order valence-corrected chi connectivity index (χ1v) is 14.6. The Labute approximate surface area is 246 Å². The minimum absolute atomic E-state index is 0.00162. The van der Waals surface area contributed by atoms with Crippen LogP contribution in [0.1, 0.15) is 47.8 Å². The fourth-order valence-electron chi connectivity index (χ4n) is 5.50. The molecule has 0 saturated carbocycles. The molecule has 0 bridgehead atoms. The molecule has 42 heavy (non-hydrogen) atoms. The lowest BCUT2D eigenvalue weighted by Gasteiger charge is -2.33. The third kappa shape index (κ3) is 7.35. The van der Waals surface area contributed by atoms with Crippen molar-refractivity contribution < 1.29 is 19.1 Å². The van der Waals surface area contributed by atoms with Gasteiger partial charge < -0.3 is 30.0 Å². The fraction of sp³-hybridized carbons (Fsp3) is 0.364. The lowest BCUT2D eigenvalue weighted by Crippen LogP contribution is -2.45. The van der Waals surface area contributed by atoms with E-state index in [1.165, 1.54) is 0 Å². The van der Waals surface area contributed by atoms with Crippen LogP contribution < -0.4 is 15.8 Å². The van der Waals surface area contributed by atoms with Gasteiger partial charge in [0.05, 0.1) is 11.0 Å². The first-order chi connectivity index (χ1) is 20.5. The highest BCUT2D eigenvalue weighted by Gasteiger charge is 2.29. The maximum absolute atomic E-state index is 13.3. The Balaban J connectivity index is 1.15.